The second kappa shape index (κ2) is 7.12. The van der Waals surface area contributed by atoms with Gasteiger partial charge in [0, 0.05) is 0 Å². The van der Waals surface area contributed by atoms with Crippen LogP contribution in [0.5, 0.6) is 5.75 Å². The number of rotatable bonds is 5. The summed E-state index contributed by atoms with van der Waals surface area (Å²) in [6.45, 7) is 3.54. The van der Waals surface area contributed by atoms with Crippen LogP contribution < -0.4 is 9.64 Å². The number of halogens is 1. The molecule has 0 aromatic heterocycles. The van der Waals surface area contributed by atoms with Crippen LogP contribution in [-0.2, 0) is 0 Å². The molecule has 18 heavy (non-hydrogen) atoms. The van der Waals surface area contributed by atoms with Gasteiger partial charge in [0.1, 0.15) is 25.0 Å². The summed E-state index contributed by atoms with van der Waals surface area (Å²) in [5, 5.41) is 9.99. The van der Waals surface area contributed by atoms with E-state index in [1.165, 1.54) is 37.3 Å². The number of hydrogen-bond acceptors (Lipinski definition) is 2. The fourth-order valence-corrected chi connectivity index (χ4v) is 2.80. The highest BCUT2D eigenvalue weighted by molar-refractivity contribution is 9.10. The second-order valence-corrected chi connectivity index (χ2v) is 5.76. The summed E-state index contributed by atoms with van der Waals surface area (Å²) in [6.07, 6.45) is 3.53. The van der Waals surface area contributed by atoms with Crippen LogP contribution in [0.2, 0.25) is 0 Å². The van der Waals surface area contributed by atoms with Crippen LogP contribution in [0, 0.1) is 0 Å². The molecule has 0 radical (unpaired) electrons. The van der Waals surface area contributed by atoms with Gasteiger partial charge in [-0.1, -0.05) is 12.1 Å². The molecule has 1 unspecified atom stereocenters. The van der Waals surface area contributed by atoms with E-state index < -0.39 is 0 Å². The average Bonchev–Trinajstić information content (AvgIpc) is 2.39. The summed E-state index contributed by atoms with van der Waals surface area (Å²) in [5.74, 6) is 0.796. The molecule has 0 bridgehead atoms. The van der Waals surface area contributed by atoms with Crippen LogP contribution >= 0.6 is 15.9 Å². The first kappa shape index (κ1) is 13.8. The van der Waals surface area contributed by atoms with E-state index >= 15 is 0 Å². The third kappa shape index (κ3) is 4.26. The molecule has 100 valence electrons. The Balaban J connectivity index is 1.74. The molecule has 1 aromatic carbocycles. The van der Waals surface area contributed by atoms with Crippen molar-refractivity contribution >= 4 is 15.9 Å². The molecule has 0 amide bonds. The van der Waals surface area contributed by atoms with E-state index in [1.54, 1.807) is 0 Å². The number of ether oxygens (including phenoxy) is 1. The minimum Gasteiger partial charge on any atom is -0.489 e. The summed E-state index contributed by atoms with van der Waals surface area (Å²) < 4.78 is 6.56. The molecular weight excluding hydrogens is 294 g/mol. The second-order valence-electron chi connectivity index (χ2n) is 4.91. The Bertz CT molecular complexity index is 367. The Labute approximate surface area is 117 Å². The van der Waals surface area contributed by atoms with E-state index in [0.717, 1.165) is 16.8 Å². The van der Waals surface area contributed by atoms with Gasteiger partial charge in [-0.05, 0) is 47.3 Å². The van der Waals surface area contributed by atoms with Gasteiger partial charge in [0.25, 0.3) is 0 Å². The number of aliphatic hydroxyl groups is 1. The third-order valence-corrected chi connectivity index (χ3v) is 4.01. The van der Waals surface area contributed by atoms with E-state index in [9.17, 15) is 5.11 Å². The third-order valence-electron chi connectivity index (χ3n) is 3.35. The van der Waals surface area contributed by atoms with Crippen molar-refractivity contribution in [1.82, 2.24) is 0 Å². The van der Waals surface area contributed by atoms with Crippen molar-refractivity contribution in [3.8, 4) is 5.75 Å². The normalized spacial score (nSPS) is 18.6. The van der Waals surface area contributed by atoms with Gasteiger partial charge in [-0.25, -0.2) is 0 Å². The van der Waals surface area contributed by atoms with Crippen molar-refractivity contribution in [2.75, 3.05) is 26.2 Å². The topological polar surface area (TPSA) is 33.9 Å². The number of likely N-dealkylation sites (tertiary alicyclic amines) is 1. The van der Waals surface area contributed by atoms with Crippen molar-refractivity contribution < 1.29 is 14.7 Å². The largest absolute Gasteiger partial charge is 0.489 e. The summed E-state index contributed by atoms with van der Waals surface area (Å²) in [7, 11) is 0. The van der Waals surface area contributed by atoms with Gasteiger partial charge in [-0.15, -0.1) is 0 Å². The molecule has 1 aliphatic heterocycles. The highest BCUT2D eigenvalue weighted by Gasteiger charge is 2.18. The Morgan fingerprint density at radius 2 is 1.94 bits per heavy atom. The lowest BCUT2D eigenvalue weighted by atomic mass is 10.1. The number of piperidine rings is 1. The molecule has 1 aliphatic rings. The van der Waals surface area contributed by atoms with E-state index in [-0.39, 0.29) is 6.10 Å². The standard InChI is InChI=1S/C14H20BrNO2/c15-13-6-2-3-7-14(13)18-11-12(17)10-16-8-4-1-5-9-16/h2-3,6-7,12,17H,1,4-5,8-11H2/p+1. The monoisotopic (exact) mass is 314 g/mol. The molecule has 1 aromatic rings. The van der Waals surface area contributed by atoms with Gasteiger partial charge in [-0.2, -0.15) is 0 Å². The lowest BCUT2D eigenvalue weighted by molar-refractivity contribution is -0.908. The van der Waals surface area contributed by atoms with Crippen LogP contribution in [0.15, 0.2) is 28.7 Å². The molecule has 0 spiro atoms. The summed E-state index contributed by atoms with van der Waals surface area (Å²) >= 11 is 3.43. The lowest BCUT2D eigenvalue weighted by Crippen LogP contribution is -3.14. The molecule has 1 heterocycles. The molecule has 2 N–H and O–H groups in total. The molecule has 0 aliphatic carbocycles. The minimum absolute atomic E-state index is 0.367. The maximum atomic E-state index is 9.99. The van der Waals surface area contributed by atoms with E-state index in [0.29, 0.717) is 6.61 Å². The SMILES string of the molecule is OC(COc1ccccc1Br)C[NH+]1CCCCC1. The predicted molar refractivity (Wildman–Crippen MR) is 75.1 cm³/mol. The first-order valence-corrected chi connectivity index (χ1v) is 7.44. The van der Waals surface area contributed by atoms with Gasteiger partial charge in [0.2, 0.25) is 0 Å². The van der Waals surface area contributed by atoms with E-state index in [2.05, 4.69) is 15.9 Å². The number of aliphatic hydroxyl groups excluding tert-OH is 1. The Morgan fingerprint density at radius 3 is 2.67 bits per heavy atom. The maximum absolute atomic E-state index is 9.99. The Kier molecular flexibility index (Phi) is 5.47. The molecule has 1 fully saturated rings. The fraction of sp³-hybridized carbons (Fsp3) is 0.571. The molecule has 1 atom stereocenters. The number of nitrogens with one attached hydrogen (secondary N) is 1. The summed E-state index contributed by atoms with van der Waals surface area (Å²) in [5.41, 5.74) is 0. The average molecular weight is 315 g/mol. The molecule has 4 heteroatoms. The first-order chi connectivity index (χ1) is 8.75. The Hall–Kier alpha value is -0.580. The number of para-hydroxylation sites is 1. The van der Waals surface area contributed by atoms with E-state index in [4.69, 9.17) is 4.74 Å². The molecule has 1 saturated heterocycles. The van der Waals surface area contributed by atoms with E-state index in [1.807, 2.05) is 24.3 Å². The zero-order chi connectivity index (χ0) is 12.8. The number of benzene rings is 1. The fourth-order valence-electron chi connectivity index (χ4n) is 2.40. The lowest BCUT2D eigenvalue weighted by Gasteiger charge is -2.25. The van der Waals surface area contributed by atoms with Gasteiger partial charge in [-0.3, -0.25) is 0 Å². The number of hydrogen-bond donors (Lipinski definition) is 2. The maximum Gasteiger partial charge on any atom is 0.137 e. The summed E-state index contributed by atoms with van der Waals surface area (Å²) in [6, 6.07) is 7.73. The zero-order valence-electron chi connectivity index (χ0n) is 10.6. The van der Waals surface area contributed by atoms with Crippen molar-refractivity contribution in [3.05, 3.63) is 28.7 Å². The summed E-state index contributed by atoms with van der Waals surface area (Å²) in [4.78, 5) is 1.50. The van der Waals surface area contributed by atoms with Crippen molar-refractivity contribution in [1.29, 1.82) is 0 Å². The van der Waals surface area contributed by atoms with Crippen LogP contribution in [-0.4, -0.2) is 37.5 Å². The van der Waals surface area contributed by atoms with Gasteiger partial charge in [0.05, 0.1) is 17.6 Å². The highest BCUT2D eigenvalue weighted by atomic mass is 79.9. The van der Waals surface area contributed by atoms with Crippen molar-refractivity contribution in [2.45, 2.75) is 25.4 Å². The minimum atomic E-state index is -0.384. The number of quaternary nitrogens is 1. The smallest absolute Gasteiger partial charge is 0.137 e. The highest BCUT2D eigenvalue weighted by Crippen LogP contribution is 2.23. The Morgan fingerprint density at radius 1 is 1.22 bits per heavy atom. The van der Waals surface area contributed by atoms with Gasteiger partial charge < -0.3 is 14.7 Å². The quantitative estimate of drug-likeness (QED) is 0.858. The van der Waals surface area contributed by atoms with Crippen LogP contribution in [0.25, 0.3) is 0 Å². The zero-order valence-corrected chi connectivity index (χ0v) is 12.2. The van der Waals surface area contributed by atoms with Crippen molar-refractivity contribution in [2.24, 2.45) is 0 Å². The van der Waals surface area contributed by atoms with Gasteiger partial charge >= 0.3 is 0 Å². The van der Waals surface area contributed by atoms with Crippen LogP contribution in [0.1, 0.15) is 19.3 Å². The molecular formula is C14H21BrNO2+. The van der Waals surface area contributed by atoms with Crippen LogP contribution in [0.4, 0.5) is 0 Å². The first-order valence-electron chi connectivity index (χ1n) is 6.64. The predicted octanol–water partition coefficient (Wildman–Crippen LogP) is 1.26. The molecule has 3 nitrogen and oxygen atoms in total. The van der Waals surface area contributed by atoms with Crippen LogP contribution in [0.3, 0.4) is 0 Å². The van der Waals surface area contributed by atoms with Crippen molar-refractivity contribution in [3.63, 3.8) is 0 Å². The van der Waals surface area contributed by atoms with Gasteiger partial charge in [0.15, 0.2) is 0 Å². The molecule has 2 rings (SSSR count). The molecule has 0 saturated carbocycles.